The van der Waals surface area contributed by atoms with Crippen molar-refractivity contribution in [2.45, 2.75) is 106 Å². The molecule has 116 valence electrons. The van der Waals surface area contributed by atoms with Crippen molar-refractivity contribution in [3.63, 3.8) is 0 Å². The first-order chi connectivity index (χ1) is 9.76. The molecule has 2 aliphatic carbocycles. The highest BCUT2D eigenvalue weighted by Crippen LogP contribution is 2.79. The van der Waals surface area contributed by atoms with Crippen LogP contribution in [0.5, 0.6) is 0 Å². The zero-order valence-electron chi connectivity index (χ0n) is 12.8. The standard InChI is InChI=1S/C17H32O2P/c18-16-12-7-13-17(19)20(16,14-8-3-1-4-9-14)15-10-5-2-6-11-15/h14-19H,1-13H2/q+1. The van der Waals surface area contributed by atoms with Crippen molar-refractivity contribution < 1.29 is 10.2 Å². The van der Waals surface area contributed by atoms with Gasteiger partial charge in [0.05, 0.1) is 18.6 Å². The van der Waals surface area contributed by atoms with Gasteiger partial charge >= 0.3 is 0 Å². The van der Waals surface area contributed by atoms with Gasteiger partial charge in [0.25, 0.3) is 0 Å². The molecule has 1 heterocycles. The summed E-state index contributed by atoms with van der Waals surface area (Å²) in [5.74, 6) is -0.283. The maximum Gasteiger partial charge on any atom is 0.167 e. The largest absolute Gasteiger partial charge is 0.359 e. The summed E-state index contributed by atoms with van der Waals surface area (Å²) in [6, 6.07) is 0. The van der Waals surface area contributed by atoms with Crippen LogP contribution in [0.4, 0.5) is 0 Å². The van der Waals surface area contributed by atoms with E-state index in [1.54, 1.807) is 0 Å². The second-order valence-electron chi connectivity index (χ2n) is 7.37. The van der Waals surface area contributed by atoms with Crippen LogP contribution >= 0.6 is 7.26 Å². The molecule has 3 heteroatoms. The molecule has 20 heavy (non-hydrogen) atoms. The highest BCUT2D eigenvalue weighted by atomic mass is 31.2. The second kappa shape index (κ2) is 6.63. The van der Waals surface area contributed by atoms with E-state index in [4.69, 9.17) is 0 Å². The lowest BCUT2D eigenvalue weighted by atomic mass is 9.99. The van der Waals surface area contributed by atoms with Crippen molar-refractivity contribution in [2.75, 3.05) is 0 Å². The minimum atomic E-state index is -1.61. The van der Waals surface area contributed by atoms with Gasteiger partial charge in [0.2, 0.25) is 0 Å². The quantitative estimate of drug-likeness (QED) is 0.738. The molecule has 0 aromatic rings. The number of hydrogen-bond acceptors (Lipinski definition) is 2. The minimum Gasteiger partial charge on any atom is -0.359 e. The topological polar surface area (TPSA) is 40.5 Å². The smallest absolute Gasteiger partial charge is 0.167 e. The van der Waals surface area contributed by atoms with Gasteiger partial charge in [-0.15, -0.1) is 0 Å². The number of hydrogen-bond donors (Lipinski definition) is 2. The summed E-state index contributed by atoms with van der Waals surface area (Å²) in [7, 11) is -1.61. The van der Waals surface area contributed by atoms with E-state index in [0.717, 1.165) is 19.3 Å². The van der Waals surface area contributed by atoms with Crippen LogP contribution in [0, 0.1) is 0 Å². The molecule has 3 aliphatic rings. The summed E-state index contributed by atoms with van der Waals surface area (Å²) >= 11 is 0. The molecule has 2 unspecified atom stereocenters. The van der Waals surface area contributed by atoms with Crippen molar-refractivity contribution in [3.8, 4) is 0 Å². The van der Waals surface area contributed by atoms with Crippen molar-refractivity contribution in [3.05, 3.63) is 0 Å². The lowest BCUT2D eigenvalue weighted by Gasteiger charge is -2.50. The summed E-state index contributed by atoms with van der Waals surface area (Å²) in [4.78, 5) is 0. The average Bonchev–Trinajstić information content (AvgIpc) is 2.50. The fourth-order valence-electron chi connectivity index (χ4n) is 5.46. The Kier molecular flexibility index (Phi) is 5.06. The van der Waals surface area contributed by atoms with Crippen LogP contribution < -0.4 is 0 Å². The maximum atomic E-state index is 11.0. The molecule has 0 radical (unpaired) electrons. The summed E-state index contributed by atoms with van der Waals surface area (Å²) in [6.07, 6.45) is 16.2. The molecule has 0 amide bonds. The molecule has 2 saturated carbocycles. The zero-order valence-corrected chi connectivity index (χ0v) is 13.7. The summed E-state index contributed by atoms with van der Waals surface area (Å²) in [6.45, 7) is 0. The second-order valence-corrected chi connectivity index (χ2v) is 11.8. The molecule has 0 aromatic carbocycles. The van der Waals surface area contributed by atoms with Crippen LogP contribution in [0.15, 0.2) is 0 Å². The first kappa shape index (κ1) is 15.3. The molecule has 0 spiro atoms. The number of aliphatic hydroxyl groups is 2. The Labute approximate surface area is 124 Å². The van der Waals surface area contributed by atoms with Crippen LogP contribution in [0.1, 0.15) is 83.5 Å². The van der Waals surface area contributed by atoms with Gasteiger partial charge in [-0.25, -0.2) is 0 Å². The molecule has 3 fully saturated rings. The highest BCUT2D eigenvalue weighted by Gasteiger charge is 2.62. The van der Waals surface area contributed by atoms with Crippen molar-refractivity contribution in [2.24, 2.45) is 0 Å². The molecule has 2 atom stereocenters. The fourth-order valence-corrected chi connectivity index (χ4v) is 12.2. The minimum absolute atomic E-state index is 0.141. The molecule has 1 saturated heterocycles. The normalized spacial score (nSPS) is 36.9. The monoisotopic (exact) mass is 299 g/mol. The van der Waals surface area contributed by atoms with Gasteiger partial charge in [0.15, 0.2) is 11.7 Å². The summed E-state index contributed by atoms with van der Waals surface area (Å²) in [5, 5.41) is 22.0. The Morgan fingerprint density at radius 1 is 0.500 bits per heavy atom. The molecule has 2 nitrogen and oxygen atoms in total. The van der Waals surface area contributed by atoms with E-state index in [9.17, 15) is 10.2 Å². The Morgan fingerprint density at radius 3 is 1.30 bits per heavy atom. The van der Waals surface area contributed by atoms with Crippen LogP contribution in [-0.4, -0.2) is 33.2 Å². The van der Waals surface area contributed by atoms with E-state index >= 15 is 0 Å². The Balaban J connectivity index is 1.91. The Bertz CT molecular complexity index is 278. The van der Waals surface area contributed by atoms with Gasteiger partial charge < -0.3 is 10.2 Å². The molecular formula is C17H32O2P+. The average molecular weight is 299 g/mol. The molecule has 2 N–H and O–H groups in total. The van der Waals surface area contributed by atoms with E-state index in [1.165, 1.54) is 64.2 Å². The first-order valence-corrected chi connectivity index (χ1v) is 11.1. The van der Waals surface area contributed by atoms with E-state index in [0.29, 0.717) is 11.3 Å². The zero-order chi connectivity index (χ0) is 14.0. The maximum absolute atomic E-state index is 11.0. The van der Waals surface area contributed by atoms with E-state index in [2.05, 4.69) is 0 Å². The van der Waals surface area contributed by atoms with Crippen molar-refractivity contribution in [1.82, 2.24) is 0 Å². The SMILES string of the molecule is OC1CCCC(O)[P+]1(C1CCCCC1)C1CCCCC1. The first-order valence-electron chi connectivity index (χ1n) is 9.00. The number of rotatable bonds is 2. The third-order valence-electron chi connectivity index (χ3n) is 6.37. The van der Waals surface area contributed by atoms with Crippen molar-refractivity contribution >= 4 is 7.26 Å². The van der Waals surface area contributed by atoms with Gasteiger partial charge in [-0.2, -0.15) is 0 Å². The van der Waals surface area contributed by atoms with E-state index in [-0.39, 0.29) is 11.7 Å². The third kappa shape index (κ3) is 2.57. The molecule has 0 bridgehead atoms. The lowest BCUT2D eigenvalue weighted by molar-refractivity contribution is 0.165. The van der Waals surface area contributed by atoms with Crippen molar-refractivity contribution in [1.29, 1.82) is 0 Å². The van der Waals surface area contributed by atoms with Gasteiger partial charge in [-0.1, -0.05) is 12.8 Å². The van der Waals surface area contributed by atoms with Crippen LogP contribution in [0.3, 0.4) is 0 Å². The van der Waals surface area contributed by atoms with E-state index in [1.807, 2.05) is 0 Å². The molecule has 1 aliphatic heterocycles. The Morgan fingerprint density at radius 2 is 0.900 bits per heavy atom. The van der Waals surface area contributed by atoms with Gasteiger partial charge in [0.1, 0.15) is 0 Å². The predicted octanol–water partition coefficient (Wildman–Crippen LogP) is 4.49. The lowest BCUT2D eigenvalue weighted by Crippen LogP contribution is -2.43. The molecule has 3 rings (SSSR count). The third-order valence-corrected chi connectivity index (χ3v) is 12.5. The fraction of sp³-hybridized carbons (Fsp3) is 1.00. The van der Waals surface area contributed by atoms with Crippen LogP contribution in [-0.2, 0) is 0 Å². The molecular weight excluding hydrogens is 267 g/mol. The van der Waals surface area contributed by atoms with Gasteiger partial charge in [-0.3, -0.25) is 0 Å². The van der Waals surface area contributed by atoms with Crippen LogP contribution in [0.25, 0.3) is 0 Å². The van der Waals surface area contributed by atoms with E-state index < -0.39 is 7.26 Å². The Hall–Kier alpha value is 0.350. The predicted molar refractivity (Wildman–Crippen MR) is 86.5 cm³/mol. The summed E-state index contributed by atoms with van der Waals surface area (Å²) < 4.78 is 0. The summed E-state index contributed by atoms with van der Waals surface area (Å²) in [5.41, 5.74) is 1.37. The van der Waals surface area contributed by atoms with Gasteiger partial charge in [-0.05, 0) is 57.8 Å². The highest BCUT2D eigenvalue weighted by molar-refractivity contribution is 7.78. The number of aliphatic hydroxyl groups excluding tert-OH is 2. The van der Waals surface area contributed by atoms with Gasteiger partial charge in [0, 0.05) is 12.8 Å². The molecule has 0 aromatic heterocycles. The van der Waals surface area contributed by atoms with Crippen LogP contribution in [0.2, 0.25) is 0 Å².